The molecule has 0 aliphatic carbocycles. The maximum atomic E-state index is 11.9. The zero-order chi connectivity index (χ0) is 15.2. The van der Waals surface area contributed by atoms with Crippen LogP contribution >= 0.6 is 0 Å². The lowest BCUT2D eigenvalue weighted by molar-refractivity contribution is -0.160. The van der Waals surface area contributed by atoms with Gasteiger partial charge >= 0.3 is 11.9 Å². The van der Waals surface area contributed by atoms with E-state index in [1.54, 1.807) is 19.1 Å². The summed E-state index contributed by atoms with van der Waals surface area (Å²) in [6.45, 7) is 3.97. The van der Waals surface area contributed by atoms with Crippen LogP contribution < -0.4 is 0 Å². The molecule has 1 aliphatic heterocycles. The Hall–Kier alpha value is -2.15. The summed E-state index contributed by atoms with van der Waals surface area (Å²) in [5, 5.41) is 0. The summed E-state index contributed by atoms with van der Waals surface area (Å²) in [5.74, 6) is -1.20. The number of carbonyl (C=O) groups is 3. The number of furan rings is 1. The number of ketones is 1. The fourth-order valence-electron chi connectivity index (χ4n) is 2.15. The average molecular weight is 294 g/mol. The molecule has 0 spiro atoms. The predicted molar refractivity (Wildman–Crippen MR) is 72.7 cm³/mol. The molecule has 0 unspecified atom stereocenters. The van der Waals surface area contributed by atoms with Gasteiger partial charge in [-0.1, -0.05) is 0 Å². The van der Waals surface area contributed by atoms with Crippen LogP contribution in [0, 0.1) is 0 Å². The molecule has 7 nitrogen and oxygen atoms in total. The van der Waals surface area contributed by atoms with Gasteiger partial charge in [0.2, 0.25) is 5.78 Å². The quantitative estimate of drug-likeness (QED) is 0.447. The first kappa shape index (κ1) is 15.2. The molecular weight excluding hydrogens is 276 g/mol. The highest BCUT2D eigenvalue weighted by molar-refractivity contribution is 6.32. The van der Waals surface area contributed by atoms with Crippen LogP contribution in [0.5, 0.6) is 0 Å². The number of amides is 1. The Morgan fingerprint density at radius 2 is 1.95 bits per heavy atom. The predicted octanol–water partition coefficient (Wildman–Crippen LogP) is 0.170. The highest BCUT2D eigenvalue weighted by Crippen LogP contribution is 2.07. The van der Waals surface area contributed by atoms with E-state index in [2.05, 4.69) is 4.74 Å². The van der Waals surface area contributed by atoms with Crippen molar-refractivity contribution in [2.45, 2.75) is 6.92 Å². The van der Waals surface area contributed by atoms with Gasteiger partial charge in [-0.05, 0) is 19.1 Å². The van der Waals surface area contributed by atoms with Gasteiger partial charge in [-0.3, -0.25) is 14.5 Å². The average Bonchev–Trinajstić information content (AvgIpc) is 3.02. The van der Waals surface area contributed by atoms with Crippen molar-refractivity contribution in [3.8, 4) is 0 Å². The number of piperazine rings is 1. The Kier molecular flexibility index (Phi) is 5.10. The molecule has 114 valence electrons. The second kappa shape index (κ2) is 7.03. The third kappa shape index (κ3) is 3.91. The molecule has 0 atom stereocenters. The van der Waals surface area contributed by atoms with E-state index in [1.165, 1.54) is 11.2 Å². The molecule has 0 radical (unpaired) electrons. The molecule has 1 amide bonds. The van der Waals surface area contributed by atoms with E-state index in [1.807, 2.05) is 4.90 Å². The van der Waals surface area contributed by atoms with Crippen molar-refractivity contribution >= 4 is 17.7 Å². The van der Waals surface area contributed by atoms with Crippen LogP contribution in [0.1, 0.15) is 17.5 Å². The van der Waals surface area contributed by atoms with Gasteiger partial charge in [0.05, 0.1) is 19.4 Å². The van der Waals surface area contributed by atoms with Crippen molar-refractivity contribution < 1.29 is 23.5 Å². The Morgan fingerprint density at radius 3 is 2.52 bits per heavy atom. The van der Waals surface area contributed by atoms with E-state index < -0.39 is 11.9 Å². The van der Waals surface area contributed by atoms with Crippen LogP contribution in [-0.2, 0) is 14.3 Å². The molecule has 1 saturated heterocycles. The van der Waals surface area contributed by atoms with Gasteiger partial charge in [-0.15, -0.1) is 0 Å². The van der Waals surface area contributed by atoms with Crippen LogP contribution in [0.4, 0.5) is 0 Å². The summed E-state index contributed by atoms with van der Waals surface area (Å²) in [4.78, 5) is 38.4. The van der Waals surface area contributed by atoms with Gasteiger partial charge in [-0.2, -0.15) is 0 Å². The Bertz CT molecular complexity index is 503. The first-order chi connectivity index (χ1) is 10.1. The molecule has 21 heavy (non-hydrogen) atoms. The summed E-state index contributed by atoms with van der Waals surface area (Å²) >= 11 is 0. The Balaban J connectivity index is 1.79. The minimum atomic E-state index is -0.822. The lowest BCUT2D eigenvalue weighted by Crippen LogP contribution is -2.51. The third-order valence-electron chi connectivity index (χ3n) is 3.27. The lowest BCUT2D eigenvalue weighted by Gasteiger charge is -2.33. The molecule has 1 aromatic heterocycles. The summed E-state index contributed by atoms with van der Waals surface area (Å²) in [7, 11) is 0. The first-order valence-electron chi connectivity index (χ1n) is 6.87. The fraction of sp³-hybridized carbons (Fsp3) is 0.500. The van der Waals surface area contributed by atoms with Gasteiger partial charge in [0.15, 0.2) is 5.76 Å². The largest absolute Gasteiger partial charge is 0.461 e. The molecule has 0 saturated carbocycles. The Morgan fingerprint density at radius 1 is 1.24 bits per heavy atom. The highest BCUT2D eigenvalue weighted by Gasteiger charge is 2.27. The number of hydrogen-bond donors (Lipinski definition) is 0. The molecule has 1 aliphatic rings. The van der Waals surface area contributed by atoms with Crippen molar-refractivity contribution in [3.63, 3.8) is 0 Å². The molecular formula is C14H18N2O5. The van der Waals surface area contributed by atoms with E-state index in [0.29, 0.717) is 31.9 Å². The maximum absolute atomic E-state index is 11.9. The van der Waals surface area contributed by atoms with Crippen molar-refractivity contribution in [2.24, 2.45) is 0 Å². The summed E-state index contributed by atoms with van der Waals surface area (Å²) < 4.78 is 9.74. The topological polar surface area (TPSA) is 80.1 Å². The van der Waals surface area contributed by atoms with E-state index >= 15 is 0 Å². The van der Waals surface area contributed by atoms with Crippen LogP contribution in [0.25, 0.3) is 0 Å². The van der Waals surface area contributed by atoms with Crippen LogP contribution in [0.15, 0.2) is 22.8 Å². The van der Waals surface area contributed by atoms with Gasteiger partial charge in [-0.25, -0.2) is 4.79 Å². The number of carbonyl (C=O) groups excluding carboxylic acids is 3. The second-order valence-corrected chi connectivity index (χ2v) is 4.69. The number of rotatable bonds is 4. The molecule has 2 heterocycles. The number of esters is 1. The smallest absolute Gasteiger partial charge is 0.397 e. The molecule has 1 fully saturated rings. The monoisotopic (exact) mass is 294 g/mol. The number of nitrogens with zero attached hydrogens (tertiary/aromatic N) is 2. The second-order valence-electron chi connectivity index (χ2n) is 4.69. The van der Waals surface area contributed by atoms with Gasteiger partial charge in [0, 0.05) is 26.2 Å². The van der Waals surface area contributed by atoms with Gasteiger partial charge in [0.1, 0.15) is 0 Å². The van der Waals surface area contributed by atoms with Crippen LogP contribution in [0.3, 0.4) is 0 Å². The van der Waals surface area contributed by atoms with E-state index in [0.717, 1.165) is 0 Å². The number of ether oxygens (including phenoxy) is 1. The maximum Gasteiger partial charge on any atom is 0.397 e. The van der Waals surface area contributed by atoms with Crippen molar-refractivity contribution in [1.82, 2.24) is 9.80 Å². The van der Waals surface area contributed by atoms with Crippen molar-refractivity contribution in [3.05, 3.63) is 24.2 Å². The lowest BCUT2D eigenvalue weighted by atomic mass is 10.2. The fourth-order valence-corrected chi connectivity index (χ4v) is 2.15. The van der Waals surface area contributed by atoms with E-state index in [4.69, 9.17) is 4.42 Å². The molecule has 1 aromatic rings. The molecule has 0 aromatic carbocycles. The van der Waals surface area contributed by atoms with Crippen LogP contribution in [-0.4, -0.2) is 66.8 Å². The minimum absolute atomic E-state index is 0.0924. The van der Waals surface area contributed by atoms with E-state index in [9.17, 15) is 14.4 Å². The minimum Gasteiger partial charge on any atom is -0.461 e. The van der Waals surface area contributed by atoms with Gasteiger partial charge < -0.3 is 14.1 Å². The SMILES string of the molecule is CCOC(=O)C(=O)N1CCN(CC(=O)c2ccco2)CC1. The summed E-state index contributed by atoms with van der Waals surface area (Å²) in [6.07, 6.45) is 1.46. The summed E-state index contributed by atoms with van der Waals surface area (Å²) in [5.41, 5.74) is 0. The highest BCUT2D eigenvalue weighted by atomic mass is 16.5. The van der Waals surface area contributed by atoms with Crippen molar-refractivity contribution in [1.29, 1.82) is 0 Å². The normalized spacial score (nSPS) is 15.8. The van der Waals surface area contributed by atoms with E-state index in [-0.39, 0.29) is 18.9 Å². The third-order valence-corrected chi connectivity index (χ3v) is 3.27. The Labute approximate surface area is 122 Å². The standard InChI is InChI=1S/C14H18N2O5/c1-2-20-14(19)13(18)16-7-5-15(6-8-16)10-11(17)12-4-3-9-21-12/h3-4,9H,2,5-8,10H2,1H3. The molecule has 0 N–H and O–H groups in total. The zero-order valence-electron chi connectivity index (χ0n) is 11.9. The number of Topliss-reactive ketones (excluding diaryl/α,β-unsaturated/α-hetero) is 1. The molecule has 7 heteroatoms. The zero-order valence-corrected chi connectivity index (χ0v) is 11.9. The summed E-state index contributed by atoms with van der Waals surface area (Å²) in [6, 6.07) is 3.30. The molecule has 0 bridgehead atoms. The number of hydrogen-bond acceptors (Lipinski definition) is 6. The van der Waals surface area contributed by atoms with Crippen LogP contribution in [0.2, 0.25) is 0 Å². The first-order valence-corrected chi connectivity index (χ1v) is 6.87. The van der Waals surface area contributed by atoms with Gasteiger partial charge in [0.25, 0.3) is 0 Å². The van der Waals surface area contributed by atoms with Crippen molar-refractivity contribution in [2.75, 3.05) is 39.3 Å². The molecule has 2 rings (SSSR count).